The van der Waals surface area contributed by atoms with E-state index in [0.29, 0.717) is 36.0 Å². The number of carbonyl (C=O) groups excluding carboxylic acids is 2. The zero-order valence-corrected chi connectivity index (χ0v) is 18.2. The zero-order chi connectivity index (χ0) is 20.8. The molecule has 29 heavy (non-hydrogen) atoms. The summed E-state index contributed by atoms with van der Waals surface area (Å²) in [7, 11) is 4.65. The first kappa shape index (κ1) is 21.5. The molecule has 7 nitrogen and oxygen atoms in total. The fourth-order valence-electron chi connectivity index (χ4n) is 3.12. The fourth-order valence-corrected chi connectivity index (χ4v) is 5.51. The minimum atomic E-state index is -0.565. The Hall–Kier alpha value is -2.23. The van der Waals surface area contributed by atoms with Crippen molar-refractivity contribution in [1.82, 2.24) is 10.2 Å². The van der Waals surface area contributed by atoms with Gasteiger partial charge in [0.05, 0.1) is 20.8 Å². The molecule has 0 spiro atoms. The summed E-state index contributed by atoms with van der Waals surface area (Å²) in [5, 5.41) is 4.62. The van der Waals surface area contributed by atoms with Crippen LogP contribution < -0.4 is 14.8 Å². The summed E-state index contributed by atoms with van der Waals surface area (Å²) < 4.78 is 15.6. The maximum Gasteiger partial charge on any atom is 0.255 e. The van der Waals surface area contributed by atoms with Crippen LogP contribution in [0.4, 0.5) is 0 Å². The van der Waals surface area contributed by atoms with Gasteiger partial charge in [0.25, 0.3) is 5.91 Å². The molecular weight excluding hydrogens is 412 g/mol. The van der Waals surface area contributed by atoms with Gasteiger partial charge in [0, 0.05) is 29.8 Å². The first-order valence-corrected chi connectivity index (χ1v) is 11.0. The van der Waals surface area contributed by atoms with Gasteiger partial charge in [-0.3, -0.25) is 9.59 Å². The Labute approximate surface area is 178 Å². The lowest BCUT2D eigenvalue weighted by Crippen LogP contribution is -2.48. The Kier molecular flexibility index (Phi) is 7.40. The van der Waals surface area contributed by atoms with Crippen LogP contribution in [0.25, 0.3) is 0 Å². The second-order valence-electron chi connectivity index (χ2n) is 6.28. The van der Waals surface area contributed by atoms with Gasteiger partial charge in [-0.25, -0.2) is 0 Å². The Morgan fingerprint density at radius 3 is 2.62 bits per heavy atom. The number of ether oxygens (including phenoxy) is 3. The van der Waals surface area contributed by atoms with E-state index in [-0.39, 0.29) is 17.2 Å². The highest BCUT2D eigenvalue weighted by Crippen LogP contribution is 2.44. The van der Waals surface area contributed by atoms with Gasteiger partial charge >= 0.3 is 0 Å². The van der Waals surface area contributed by atoms with E-state index in [1.807, 2.05) is 17.5 Å². The Morgan fingerprint density at radius 2 is 1.97 bits per heavy atom. The van der Waals surface area contributed by atoms with Crippen molar-refractivity contribution in [1.29, 1.82) is 0 Å². The Morgan fingerprint density at radius 1 is 1.17 bits per heavy atom. The molecule has 9 heteroatoms. The molecule has 2 atom stereocenters. The molecule has 1 aromatic carbocycles. The number of hydrogen-bond acceptors (Lipinski definition) is 7. The Balaban J connectivity index is 1.90. The third-order valence-corrected chi connectivity index (χ3v) is 6.94. The summed E-state index contributed by atoms with van der Waals surface area (Å²) >= 11 is 3.17. The predicted molar refractivity (Wildman–Crippen MR) is 114 cm³/mol. The number of carbonyl (C=O) groups is 2. The minimum absolute atomic E-state index is 0.178. The van der Waals surface area contributed by atoms with Gasteiger partial charge in [0.2, 0.25) is 5.91 Å². The number of nitrogens with zero attached hydrogens (tertiary/aromatic N) is 1. The molecule has 1 N–H and O–H groups in total. The van der Waals surface area contributed by atoms with Crippen molar-refractivity contribution in [3.8, 4) is 11.5 Å². The van der Waals surface area contributed by atoms with Gasteiger partial charge < -0.3 is 24.4 Å². The average molecular weight is 437 g/mol. The van der Waals surface area contributed by atoms with Crippen LogP contribution in [0.3, 0.4) is 0 Å². The first-order chi connectivity index (χ1) is 14.1. The van der Waals surface area contributed by atoms with E-state index in [9.17, 15) is 9.59 Å². The topological polar surface area (TPSA) is 77.1 Å². The summed E-state index contributed by atoms with van der Waals surface area (Å²) in [6.07, 6.45) is 0. The lowest BCUT2D eigenvalue weighted by Gasteiger charge is -2.28. The first-order valence-electron chi connectivity index (χ1n) is 9.07. The van der Waals surface area contributed by atoms with Crippen molar-refractivity contribution in [3.05, 3.63) is 46.2 Å². The number of hydrogen-bond donors (Lipinski definition) is 1. The van der Waals surface area contributed by atoms with Crippen LogP contribution >= 0.6 is 23.1 Å². The normalized spacial score (nSPS) is 18.5. The monoisotopic (exact) mass is 436 g/mol. The van der Waals surface area contributed by atoms with E-state index in [1.165, 1.54) is 7.11 Å². The van der Waals surface area contributed by atoms with Crippen LogP contribution in [0, 0.1) is 0 Å². The van der Waals surface area contributed by atoms with Gasteiger partial charge in [-0.05, 0) is 29.6 Å². The third-order valence-electron chi connectivity index (χ3n) is 4.56. The smallest absolute Gasteiger partial charge is 0.255 e. The van der Waals surface area contributed by atoms with Crippen molar-refractivity contribution >= 4 is 34.9 Å². The van der Waals surface area contributed by atoms with E-state index in [0.717, 1.165) is 4.88 Å². The molecule has 2 aromatic rings. The molecule has 0 radical (unpaired) electrons. The lowest BCUT2D eigenvalue weighted by molar-refractivity contribution is -0.125. The highest BCUT2D eigenvalue weighted by atomic mass is 32.2. The van der Waals surface area contributed by atoms with Crippen molar-refractivity contribution < 1.29 is 23.8 Å². The van der Waals surface area contributed by atoms with E-state index in [1.54, 1.807) is 60.4 Å². The molecule has 0 aliphatic carbocycles. The predicted octanol–water partition coefficient (Wildman–Crippen LogP) is 2.78. The molecule has 3 rings (SSSR count). The molecule has 1 aliphatic rings. The second kappa shape index (κ2) is 10.00. The molecule has 0 bridgehead atoms. The standard InChI is InChI=1S/C20H24N2O5S2/c1-25-9-8-21-18(23)14-12-29-20(17-5-4-10-28-17)22(14)19(24)13-6-7-15(26-2)16(11-13)27-3/h4-7,10-11,14,20H,8-9,12H2,1-3H3,(H,21,23). The summed E-state index contributed by atoms with van der Waals surface area (Å²) in [5.41, 5.74) is 0.446. The zero-order valence-electron chi connectivity index (χ0n) is 16.5. The van der Waals surface area contributed by atoms with E-state index in [4.69, 9.17) is 14.2 Å². The highest BCUT2D eigenvalue weighted by molar-refractivity contribution is 7.99. The number of thioether (sulfide) groups is 1. The van der Waals surface area contributed by atoms with Crippen LogP contribution in [0.1, 0.15) is 20.6 Å². The largest absolute Gasteiger partial charge is 0.493 e. The van der Waals surface area contributed by atoms with Crippen molar-refractivity contribution in [3.63, 3.8) is 0 Å². The van der Waals surface area contributed by atoms with Gasteiger partial charge in [-0.1, -0.05) is 6.07 Å². The van der Waals surface area contributed by atoms with Crippen LogP contribution in [0.2, 0.25) is 0 Å². The summed E-state index contributed by atoms with van der Waals surface area (Å²) in [4.78, 5) is 29.0. The molecule has 2 heterocycles. The molecular formula is C20H24N2O5S2. The number of benzene rings is 1. The average Bonchev–Trinajstić information content (AvgIpc) is 3.42. The van der Waals surface area contributed by atoms with Crippen LogP contribution in [-0.4, -0.2) is 63.0 Å². The molecule has 1 aliphatic heterocycles. The van der Waals surface area contributed by atoms with Crippen LogP contribution in [0.15, 0.2) is 35.7 Å². The number of methoxy groups -OCH3 is 3. The summed E-state index contributed by atoms with van der Waals surface area (Å²) in [6, 6.07) is 8.41. The van der Waals surface area contributed by atoms with Crippen molar-refractivity contribution in [2.45, 2.75) is 11.4 Å². The van der Waals surface area contributed by atoms with Gasteiger partial charge in [-0.2, -0.15) is 0 Å². The molecule has 2 unspecified atom stereocenters. The Bertz CT molecular complexity index is 843. The summed E-state index contributed by atoms with van der Waals surface area (Å²) in [5.74, 6) is 1.15. The maximum absolute atomic E-state index is 13.5. The second-order valence-corrected chi connectivity index (χ2v) is 8.38. The van der Waals surface area contributed by atoms with E-state index >= 15 is 0 Å². The minimum Gasteiger partial charge on any atom is -0.493 e. The number of rotatable bonds is 8. The molecule has 2 amide bonds. The summed E-state index contributed by atoms with van der Waals surface area (Å²) in [6.45, 7) is 0.822. The molecule has 0 saturated carbocycles. The quantitative estimate of drug-likeness (QED) is 0.642. The third kappa shape index (κ3) is 4.68. The van der Waals surface area contributed by atoms with Crippen molar-refractivity contribution in [2.75, 3.05) is 40.2 Å². The molecule has 1 fully saturated rings. The maximum atomic E-state index is 13.5. The van der Waals surface area contributed by atoms with Crippen molar-refractivity contribution in [2.24, 2.45) is 0 Å². The molecule has 1 saturated heterocycles. The van der Waals surface area contributed by atoms with Crippen LogP contribution in [-0.2, 0) is 9.53 Å². The fraction of sp³-hybridized carbons (Fsp3) is 0.400. The number of nitrogens with one attached hydrogen (secondary N) is 1. The highest BCUT2D eigenvalue weighted by Gasteiger charge is 2.43. The van der Waals surface area contributed by atoms with Crippen LogP contribution in [0.5, 0.6) is 11.5 Å². The molecule has 156 valence electrons. The number of amides is 2. The number of thiophene rings is 1. The lowest BCUT2D eigenvalue weighted by atomic mass is 10.1. The van der Waals surface area contributed by atoms with Gasteiger partial charge in [-0.15, -0.1) is 23.1 Å². The van der Waals surface area contributed by atoms with E-state index in [2.05, 4.69) is 5.32 Å². The van der Waals surface area contributed by atoms with E-state index < -0.39 is 6.04 Å². The van der Waals surface area contributed by atoms with Gasteiger partial charge in [0.1, 0.15) is 11.4 Å². The van der Waals surface area contributed by atoms with Gasteiger partial charge in [0.15, 0.2) is 11.5 Å². The molecule has 1 aromatic heterocycles. The SMILES string of the molecule is COCCNC(=O)C1CSC(c2cccs2)N1C(=O)c1ccc(OC)c(OC)c1.